The highest BCUT2D eigenvalue weighted by atomic mass is 16.3. The van der Waals surface area contributed by atoms with Crippen LogP contribution in [0.1, 0.15) is 31.6 Å². The van der Waals surface area contributed by atoms with Crippen molar-refractivity contribution < 1.29 is 4.42 Å². The Kier molecular flexibility index (Phi) is 3.44. The van der Waals surface area contributed by atoms with Crippen molar-refractivity contribution in [1.29, 1.82) is 0 Å². The van der Waals surface area contributed by atoms with Gasteiger partial charge in [0.05, 0.1) is 12.3 Å². The first-order valence-corrected chi connectivity index (χ1v) is 5.84. The lowest BCUT2D eigenvalue weighted by atomic mass is 9.87. The van der Waals surface area contributed by atoms with Gasteiger partial charge in [-0.3, -0.25) is 4.90 Å². The van der Waals surface area contributed by atoms with E-state index in [1.807, 2.05) is 6.07 Å². The van der Waals surface area contributed by atoms with Crippen LogP contribution >= 0.6 is 0 Å². The van der Waals surface area contributed by atoms with Crippen LogP contribution in [-0.2, 0) is 0 Å². The van der Waals surface area contributed by atoms with Crippen LogP contribution in [0, 0.1) is 5.92 Å². The molecule has 84 valence electrons. The van der Waals surface area contributed by atoms with Crippen LogP contribution in [0.2, 0.25) is 0 Å². The molecule has 1 aliphatic rings. The molecule has 0 bridgehead atoms. The summed E-state index contributed by atoms with van der Waals surface area (Å²) in [6.45, 7) is 5.19. The molecule has 2 atom stereocenters. The van der Waals surface area contributed by atoms with Gasteiger partial charge >= 0.3 is 0 Å². The summed E-state index contributed by atoms with van der Waals surface area (Å²) in [5, 5.41) is 0. The van der Waals surface area contributed by atoms with Crippen LogP contribution in [0.5, 0.6) is 0 Å². The van der Waals surface area contributed by atoms with Crippen LogP contribution in [0.25, 0.3) is 0 Å². The molecule has 0 aliphatic carbocycles. The van der Waals surface area contributed by atoms with E-state index in [9.17, 15) is 0 Å². The van der Waals surface area contributed by atoms with E-state index >= 15 is 0 Å². The molecule has 3 nitrogen and oxygen atoms in total. The van der Waals surface area contributed by atoms with E-state index in [-0.39, 0.29) is 0 Å². The molecule has 1 aromatic rings. The highest BCUT2D eigenvalue weighted by Crippen LogP contribution is 2.35. The standard InChI is InChI=1S/C12H20N2O/c1-2-14-7-3-5-10(9-13)12(14)11-6-4-8-15-11/h4,6,8,10,12H,2-3,5,7,9,13H2,1H3/t10-,12+/m1/s1. The number of hydrogen-bond acceptors (Lipinski definition) is 3. The maximum atomic E-state index is 5.85. The Labute approximate surface area is 91.2 Å². The molecule has 2 heterocycles. The van der Waals surface area contributed by atoms with E-state index in [1.54, 1.807) is 6.26 Å². The SMILES string of the molecule is CCN1CCC[C@H](CN)[C@H]1c1ccco1. The molecule has 0 saturated carbocycles. The van der Waals surface area contributed by atoms with Gasteiger partial charge in [-0.1, -0.05) is 6.92 Å². The third-order valence-corrected chi connectivity index (χ3v) is 3.40. The van der Waals surface area contributed by atoms with E-state index in [2.05, 4.69) is 17.9 Å². The lowest BCUT2D eigenvalue weighted by Gasteiger charge is -2.39. The van der Waals surface area contributed by atoms with Gasteiger partial charge in [-0.05, 0) is 50.5 Å². The summed E-state index contributed by atoms with van der Waals surface area (Å²) in [6, 6.07) is 4.43. The molecule has 0 unspecified atom stereocenters. The van der Waals surface area contributed by atoms with Crippen molar-refractivity contribution in [2.45, 2.75) is 25.8 Å². The maximum Gasteiger partial charge on any atom is 0.121 e. The summed E-state index contributed by atoms with van der Waals surface area (Å²) in [6.07, 6.45) is 4.23. The lowest BCUT2D eigenvalue weighted by Crippen LogP contribution is -2.41. The van der Waals surface area contributed by atoms with Gasteiger partial charge in [0.25, 0.3) is 0 Å². The zero-order chi connectivity index (χ0) is 10.7. The molecule has 1 fully saturated rings. The van der Waals surface area contributed by atoms with Crippen LogP contribution in [-0.4, -0.2) is 24.5 Å². The first kappa shape index (κ1) is 10.7. The van der Waals surface area contributed by atoms with Gasteiger partial charge in [-0.2, -0.15) is 0 Å². The fourth-order valence-corrected chi connectivity index (χ4v) is 2.63. The predicted molar refractivity (Wildman–Crippen MR) is 60.5 cm³/mol. The Hall–Kier alpha value is -0.800. The van der Waals surface area contributed by atoms with Gasteiger partial charge in [-0.15, -0.1) is 0 Å². The predicted octanol–water partition coefficient (Wildman–Crippen LogP) is 2.01. The highest BCUT2D eigenvalue weighted by molar-refractivity contribution is 5.08. The third-order valence-electron chi connectivity index (χ3n) is 3.40. The number of rotatable bonds is 3. The molecule has 0 amide bonds. The van der Waals surface area contributed by atoms with Gasteiger partial charge in [0.15, 0.2) is 0 Å². The van der Waals surface area contributed by atoms with Crippen LogP contribution in [0.15, 0.2) is 22.8 Å². The molecular weight excluding hydrogens is 188 g/mol. The van der Waals surface area contributed by atoms with Gasteiger partial charge in [0, 0.05) is 0 Å². The zero-order valence-corrected chi connectivity index (χ0v) is 9.36. The second-order valence-corrected chi connectivity index (χ2v) is 4.23. The third kappa shape index (κ3) is 2.08. The second-order valence-electron chi connectivity index (χ2n) is 4.23. The largest absolute Gasteiger partial charge is 0.468 e. The molecule has 0 aromatic carbocycles. The molecule has 1 aromatic heterocycles. The molecule has 1 aliphatic heterocycles. The lowest BCUT2D eigenvalue weighted by molar-refractivity contribution is 0.0851. The molecule has 2 rings (SSSR count). The van der Waals surface area contributed by atoms with Crippen molar-refractivity contribution in [2.24, 2.45) is 11.7 Å². The summed E-state index contributed by atoms with van der Waals surface area (Å²) in [4.78, 5) is 2.47. The van der Waals surface area contributed by atoms with Gasteiger partial charge in [-0.25, -0.2) is 0 Å². The number of piperidine rings is 1. The average Bonchev–Trinajstić information content (AvgIpc) is 2.81. The van der Waals surface area contributed by atoms with Crippen molar-refractivity contribution in [3.63, 3.8) is 0 Å². The number of furan rings is 1. The number of nitrogens with zero attached hydrogens (tertiary/aromatic N) is 1. The topological polar surface area (TPSA) is 42.4 Å². The fourth-order valence-electron chi connectivity index (χ4n) is 2.63. The van der Waals surface area contributed by atoms with Crippen molar-refractivity contribution in [3.05, 3.63) is 24.2 Å². The summed E-state index contributed by atoms with van der Waals surface area (Å²) < 4.78 is 5.54. The average molecular weight is 208 g/mol. The molecule has 3 heteroatoms. The van der Waals surface area contributed by atoms with E-state index in [0.717, 1.165) is 18.8 Å². The second kappa shape index (κ2) is 4.81. The Morgan fingerprint density at radius 3 is 3.07 bits per heavy atom. The van der Waals surface area contributed by atoms with Crippen molar-refractivity contribution >= 4 is 0 Å². The Balaban J connectivity index is 2.20. The van der Waals surface area contributed by atoms with E-state index in [1.165, 1.54) is 19.4 Å². The minimum Gasteiger partial charge on any atom is -0.468 e. The normalized spacial score (nSPS) is 28.1. The smallest absolute Gasteiger partial charge is 0.121 e. The highest BCUT2D eigenvalue weighted by Gasteiger charge is 2.32. The first-order valence-electron chi connectivity index (χ1n) is 5.84. The van der Waals surface area contributed by atoms with Crippen LogP contribution < -0.4 is 5.73 Å². The summed E-state index contributed by atoms with van der Waals surface area (Å²) in [5.74, 6) is 1.62. The van der Waals surface area contributed by atoms with Gasteiger partial charge in [0.1, 0.15) is 5.76 Å². The van der Waals surface area contributed by atoms with Crippen molar-refractivity contribution in [3.8, 4) is 0 Å². The van der Waals surface area contributed by atoms with Crippen LogP contribution in [0.3, 0.4) is 0 Å². The Morgan fingerprint density at radius 1 is 1.60 bits per heavy atom. The number of likely N-dealkylation sites (tertiary alicyclic amines) is 1. The number of nitrogens with two attached hydrogens (primary N) is 1. The summed E-state index contributed by atoms with van der Waals surface area (Å²) in [7, 11) is 0. The Bertz CT molecular complexity index is 272. The van der Waals surface area contributed by atoms with E-state index in [0.29, 0.717) is 12.0 Å². The Morgan fingerprint density at radius 2 is 2.47 bits per heavy atom. The summed E-state index contributed by atoms with van der Waals surface area (Å²) in [5.41, 5.74) is 5.85. The molecule has 2 N–H and O–H groups in total. The quantitative estimate of drug-likeness (QED) is 0.826. The minimum atomic E-state index is 0.392. The molecule has 15 heavy (non-hydrogen) atoms. The van der Waals surface area contributed by atoms with E-state index in [4.69, 9.17) is 10.2 Å². The molecule has 1 saturated heterocycles. The fraction of sp³-hybridized carbons (Fsp3) is 0.667. The molecular formula is C12H20N2O. The van der Waals surface area contributed by atoms with Gasteiger partial charge in [0.2, 0.25) is 0 Å². The molecule has 0 spiro atoms. The maximum absolute atomic E-state index is 5.85. The van der Waals surface area contributed by atoms with Crippen molar-refractivity contribution in [1.82, 2.24) is 4.90 Å². The molecule has 0 radical (unpaired) electrons. The zero-order valence-electron chi connectivity index (χ0n) is 9.36. The van der Waals surface area contributed by atoms with E-state index < -0.39 is 0 Å². The van der Waals surface area contributed by atoms with Crippen molar-refractivity contribution in [2.75, 3.05) is 19.6 Å². The van der Waals surface area contributed by atoms with Gasteiger partial charge < -0.3 is 10.2 Å². The monoisotopic (exact) mass is 208 g/mol. The minimum absolute atomic E-state index is 0.392. The summed E-state index contributed by atoms with van der Waals surface area (Å²) >= 11 is 0. The van der Waals surface area contributed by atoms with Crippen LogP contribution in [0.4, 0.5) is 0 Å². The first-order chi connectivity index (χ1) is 7.36. The number of hydrogen-bond donors (Lipinski definition) is 1.